The fourth-order valence-corrected chi connectivity index (χ4v) is 2.43. The van der Waals surface area contributed by atoms with E-state index in [0.717, 1.165) is 11.2 Å². The van der Waals surface area contributed by atoms with Crippen LogP contribution in [-0.4, -0.2) is 38.4 Å². The van der Waals surface area contributed by atoms with Crippen molar-refractivity contribution in [3.63, 3.8) is 0 Å². The van der Waals surface area contributed by atoms with Crippen LogP contribution in [-0.2, 0) is 6.54 Å². The first-order chi connectivity index (χ1) is 10.8. The van der Waals surface area contributed by atoms with Gasteiger partial charge >= 0.3 is 0 Å². The van der Waals surface area contributed by atoms with E-state index in [0.29, 0.717) is 12.2 Å². The van der Waals surface area contributed by atoms with Gasteiger partial charge in [0.2, 0.25) is 0 Å². The number of pyridine rings is 1. The molecule has 5 heteroatoms. The molecule has 0 aliphatic heterocycles. The Hall–Kier alpha value is -2.66. The average Bonchev–Trinajstić information content (AvgIpc) is 2.99. The molecular weight excluding hydrogens is 278 g/mol. The number of aliphatic hydroxyl groups excluding tert-OH is 1. The summed E-state index contributed by atoms with van der Waals surface area (Å²) in [6, 6.07) is 15.3. The van der Waals surface area contributed by atoms with Crippen molar-refractivity contribution in [2.75, 3.05) is 13.2 Å². The minimum Gasteiger partial charge on any atom is -0.395 e. The van der Waals surface area contributed by atoms with Crippen LogP contribution in [0.3, 0.4) is 0 Å². The van der Waals surface area contributed by atoms with Crippen LogP contribution in [0.1, 0.15) is 16.1 Å². The summed E-state index contributed by atoms with van der Waals surface area (Å²) in [6.45, 7) is 0.670. The third-order valence-electron chi connectivity index (χ3n) is 3.51. The van der Waals surface area contributed by atoms with Crippen LogP contribution in [0.4, 0.5) is 0 Å². The first kappa shape index (κ1) is 14.3. The van der Waals surface area contributed by atoms with E-state index in [1.165, 1.54) is 0 Å². The molecule has 1 N–H and O–H groups in total. The second-order valence-corrected chi connectivity index (χ2v) is 5.01. The van der Waals surface area contributed by atoms with Gasteiger partial charge in [-0.25, -0.2) is 4.98 Å². The van der Waals surface area contributed by atoms with Gasteiger partial charge < -0.3 is 10.0 Å². The van der Waals surface area contributed by atoms with Gasteiger partial charge in [0.05, 0.1) is 12.8 Å². The third kappa shape index (κ3) is 2.84. The van der Waals surface area contributed by atoms with Crippen LogP contribution in [0.5, 0.6) is 0 Å². The normalized spacial score (nSPS) is 10.8. The molecule has 0 radical (unpaired) electrons. The van der Waals surface area contributed by atoms with Crippen molar-refractivity contribution in [1.82, 2.24) is 14.3 Å². The lowest BCUT2D eigenvalue weighted by Crippen LogP contribution is -2.33. The number of nitrogens with zero attached hydrogens (tertiary/aromatic N) is 3. The van der Waals surface area contributed by atoms with Crippen molar-refractivity contribution in [3.8, 4) is 0 Å². The SMILES string of the molecule is O=C(c1cnc2ccccn12)N(CCO)Cc1ccccc1. The number of benzene rings is 1. The second kappa shape index (κ2) is 6.41. The third-order valence-corrected chi connectivity index (χ3v) is 3.51. The molecule has 0 saturated heterocycles. The van der Waals surface area contributed by atoms with E-state index in [4.69, 9.17) is 0 Å². The zero-order chi connectivity index (χ0) is 15.4. The number of carbonyl (C=O) groups excluding carboxylic acids is 1. The highest BCUT2D eigenvalue weighted by atomic mass is 16.3. The van der Waals surface area contributed by atoms with Crippen LogP contribution in [0.15, 0.2) is 60.9 Å². The molecule has 2 aromatic heterocycles. The summed E-state index contributed by atoms with van der Waals surface area (Å²) in [5.41, 5.74) is 2.26. The summed E-state index contributed by atoms with van der Waals surface area (Å²) in [5, 5.41) is 9.26. The molecule has 22 heavy (non-hydrogen) atoms. The molecule has 1 aromatic carbocycles. The molecule has 3 rings (SSSR count). The lowest BCUT2D eigenvalue weighted by atomic mass is 10.2. The highest BCUT2D eigenvalue weighted by molar-refractivity contribution is 5.93. The summed E-state index contributed by atoms with van der Waals surface area (Å²) >= 11 is 0. The van der Waals surface area contributed by atoms with Crippen molar-refractivity contribution in [2.24, 2.45) is 0 Å². The lowest BCUT2D eigenvalue weighted by Gasteiger charge is -2.21. The lowest BCUT2D eigenvalue weighted by molar-refractivity contribution is 0.0701. The molecule has 2 heterocycles. The minimum absolute atomic E-state index is 0.0741. The standard InChI is InChI=1S/C17H17N3O2/c21-11-10-19(13-14-6-2-1-3-7-14)17(22)15-12-18-16-8-4-5-9-20(15)16/h1-9,12,21H,10-11,13H2. The van der Waals surface area contributed by atoms with Gasteiger partial charge in [0, 0.05) is 19.3 Å². The number of carbonyl (C=O) groups is 1. The van der Waals surface area contributed by atoms with Gasteiger partial charge in [-0.05, 0) is 17.7 Å². The summed E-state index contributed by atoms with van der Waals surface area (Å²) < 4.78 is 1.76. The molecule has 0 fully saturated rings. The molecule has 5 nitrogen and oxygen atoms in total. The monoisotopic (exact) mass is 295 g/mol. The molecule has 0 aliphatic rings. The number of rotatable bonds is 5. The number of fused-ring (bicyclic) bond motifs is 1. The van der Waals surface area contributed by atoms with Crippen molar-refractivity contribution < 1.29 is 9.90 Å². The maximum Gasteiger partial charge on any atom is 0.272 e. The van der Waals surface area contributed by atoms with E-state index in [2.05, 4.69) is 4.98 Å². The molecule has 112 valence electrons. The molecule has 0 saturated carbocycles. The minimum atomic E-state index is -0.142. The van der Waals surface area contributed by atoms with Gasteiger partial charge in [-0.15, -0.1) is 0 Å². The molecule has 0 bridgehead atoms. The van der Waals surface area contributed by atoms with Crippen molar-refractivity contribution >= 4 is 11.6 Å². The quantitative estimate of drug-likeness (QED) is 0.783. The summed E-state index contributed by atoms with van der Waals surface area (Å²) in [7, 11) is 0. The maximum atomic E-state index is 12.8. The number of aromatic nitrogens is 2. The van der Waals surface area contributed by atoms with E-state index < -0.39 is 0 Å². The fourth-order valence-electron chi connectivity index (χ4n) is 2.43. The predicted octanol–water partition coefficient (Wildman–Crippen LogP) is 1.97. The van der Waals surface area contributed by atoms with Crippen molar-refractivity contribution in [1.29, 1.82) is 0 Å². The predicted molar refractivity (Wildman–Crippen MR) is 83.5 cm³/mol. The van der Waals surface area contributed by atoms with Gasteiger partial charge in [0.1, 0.15) is 11.3 Å². The zero-order valence-electron chi connectivity index (χ0n) is 12.1. The molecule has 3 aromatic rings. The number of amides is 1. The Labute approximate surface area is 128 Å². The Morgan fingerprint density at radius 1 is 1.14 bits per heavy atom. The van der Waals surface area contributed by atoms with Gasteiger partial charge in [-0.3, -0.25) is 9.20 Å². The van der Waals surface area contributed by atoms with Crippen molar-refractivity contribution in [3.05, 3.63) is 72.2 Å². The topological polar surface area (TPSA) is 57.8 Å². The van der Waals surface area contributed by atoms with Crippen LogP contribution in [0.25, 0.3) is 5.65 Å². The Morgan fingerprint density at radius 2 is 1.91 bits per heavy atom. The van der Waals surface area contributed by atoms with E-state index >= 15 is 0 Å². The number of hydrogen-bond acceptors (Lipinski definition) is 3. The smallest absolute Gasteiger partial charge is 0.272 e. The van der Waals surface area contributed by atoms with E-state index in [1.807, 2.05) is 54.7 Å². The van der Waals surface area contributed by atoms with Gasteiger partial charge in [-0.1, -0.05) is 36.4 Å². The highest BCUT2D eigenvalue weighted by Crippen LogP contribution is 2.12. The molecule has 0 atom stereocenters. The summed E-state index contributed by atoms with van der Waals surface area (Å²) in [6.07, 6.45) is 3.39. The summed E-state index contributed by atoms with van der Waals surface area (Å²) in [4.78, 5) is 18.6. The van der Waals surface area contributed by atoms with Crippen LogP contribution >= 0.6 is 0 Å². The molecular formula is C17H17N3O2. The zero-order valence-corrected chi connectivity index (χ0v) is 12.1. The van der Waals surface area contributed by atoms with Gasteiger partial charge in [0.15, 0.2) is 0 Å². The molecule has 1 amide bonds. The maximum absolute atomic E-state index is 12.8. The first-order valence-electron chi connectivity index (χ1n) is 7.16. The Balaban J connectivity index is 1.89. The Bertz CT molecular complexity index is 768. The van der Waals surface area contributed by atoms with Crippen LogP contribution in [0, 0.1) is 0 Å². The number of imidazole rings is 1. The summed E-state index contributed by atoms with van der Waals surface area (Å²) in [5.74, 6) is -0.142. The van der Waals surface area contributed by atoms with E-state index in [1.54, 1.807) is 15.5 Å². The van der Waals surface area contributed by atoms with Gasteiger partial charge in [0.25, 0.3) is 5.91 Å². The Kier molecular flexibility index (Phi) is 4.16. The second-order valence-electron chi connectivity index (χ2n) is 5.01. The number of aliphatic hydroxyl groups is 1. The molecule has 0 aliphatic carbocycles. The van der Waals surface area contributed by atoms with E-state index in [9.17, 15) is 9.90 Å². The molecule has 0 spiro atoms. The molecule has 0 unspecified atom stereocenters. The highest BCUT2D eigenvalue weighted by Gasteiger charge is 2.19. The fraction of sp³-hybridized carbons (Fsp3) is 0.176. The first-order valence-corrected chi connectivity index (χ1v) is 7.16. The Morgan fingerprint density at radius 3 is 2.68 bits per heavy atom. The van der Waals surface area contributed by atoms with Crippen LogP contribution in [0.2, 0.25) is 0 Å². The van der Waals surface area contributed by atoms with Crippen LogP contribution < -0.4 is 0 Å². The average molecular weight is 295 g/mol. The van der Waals surface area contributed by atoms with Gasteiger partial charge in [-0.2, -0.15) is 0 Å². The largest absolute Gasteiger partial charge is 0.395 e. The van der Waals surface area contributed by atoms with Crippen molar-refractivity contribution in [2.45, 2.75) is 6.54 Å². The number of hydrogen-bond donors (Lipinski definition) is 1. The van der Waals surface area contributed by atoms with E-state index in [-0.39, 0.29) is 19.1 Å².